The van der Waals surface area contributed by atoms with Gasteiger partial charge in [-0.05, 0) is 18.9 Å². The molecule has 28 heavy (non-hydrogen) atoms. The summed E-state index contributed by atoms with van der Waals surface area (Å²) in [6.45, 7) is 0. The van der Waals surface area contributed by atoms with Gasteiger partial charge in [-0.15, -0.1) is 0 Å². The van der Waals surface area contributed by atoms with E-state index in [-0.39, 0.29) is 28.8 Å². The highest BCUT2D eigenvalue weighted by Gasteiger charge is 2.24. The van der Waals surface area contributed by atoms with E-state index < -0.39 is 5.91 Å². The van der Waals surface area contributed by atoms with E-state index in [1.807, 2.05) is 0 Å². The van der Waals surface area contributed by atoms with Crippen molar-refractivity contribution in [2.45, 2.75) is 38.1 Å². The van der Waals surface area contributed by atoms with Crippen LogP contribution in [0, 0.1) is 0 Å². The maximum atomic E-state index is 12.7. The van der Waals surface area contributed by atoms with E-state index in [0.29, 0.717) is 16.9 Å². The number of pyridine rings is 1. The van der Waals surface area contributed by atoms with E-state index in [0.717, 1.165) is 37.6 Å². The number of carbonyl (C=O) groups excluding carboxylic acids is 1. The molecule has 10 nitrogen and oxygen atoms in total. The Hall–Kier alpha value is -3.56. The summed E-state index contributed by atoms with van der Waals surface area (Å²) in [6.07, 6.45) is 8.23. The molecule has 142 valence electrons. The van der Waals surface area contributed by atoms with E-state index in [9.17, 15) is 9.59 Å². The predicted molar refractivity (Wildman–Crippen MR) is 102 cm³/mol. The molecule has 4 heterocycles. The van der Waals surface area contributed by atoms with Crippen LogP contribution in [0.15, 0.2) is 23.4 Å². The van der Waals surface area contributed by atoms with Crippen LogP contribution >= 0.6 is 0 Å². The average molecular weight is 378 g/mol. The zero-order valence-corrected chi connectivity index (χ0v) is 15.0. The average Bonchev–Trinajstić information content (AvgIpc) is 3.30. The molecule has 1 fully saturated rings. The summed E-state index contributed by atoms with van der Waals surface area (Å²) in [7, 11) is 0. The Labute approximate surface area is 158 Å². The number of imidazole rings is 2. The normalized spacial score (nSPS) is 15.4. The Balaban J connectivity index is 1.75. The van der Waals surface area contributed by atoms with Crippen molar-refractivity contribution < 1.29 is 4.79 Å². The first-order valence-corrected chi connectivity index (χ1v) is 9.23. The molecule has 0 aromatic carbocycles. The summed E-state index contributed by atoms with van der Waals surface area (Å²) in [4.78, 5) is 47.7. The smallest absolute Gasteiger partial charge is 0.327 e. The molecule has 0 aliphatic heterocycles. The lowest BCUT2D eigenvalue weighted by Crippen LogP contribution is -2.24. The first-order valence-electron chi connectivity index (χ1n) is 9.23. The van der Waals surface area contributed by atoms with Crippen LogP contribution in [0.5, 0.6) is 0 Å². The fourth-order valence-electron chi connectivity index (χ4n) is 3.94. The number of H-pyrrole nitrogens is 2. The number of aromatic amines is 2. The summed E-state index contributed by atoms with van der Waals surface area (Å²) in [5.41, 5.74) is 7.83. The molecule has 1 amide bonds. The number of carbonyl (C=O) groups is 1. The van der Waals surface area contributed by atoms with Crippen molar-refractivity contribution >= 4 is 28.2 Å². The third-order valence-corrected chi connectivity index (χ3v) is 5.27. The Bertz CT molecular complexity index is 1260. The van der Waals surface area contributed by atoms with Gasteiger partial charge in [0.2, 0.25) is 0 Å². The van der Waals surface area contributed by atoms with Gasteiger partial charge in [-0.2, -0.15) is 0 Å². The van der Waals surface area contributed by atoms with Crippen molar-refractivity contribution in [1.82, 2.24) is 34.5 Å². The SMILES string of the molecule is NC(=O)c1nc(-c2cnc3nc[nH]c3c2)nc2c1[nH]c(=O)n2C1CCCCC1. The maximum absolute atomic E-state index is 12.7. The van der Waals surface area contributed by atoms with Gasteiger partial charge in [-0.3, -0.25) is 9.36 Å². The van der Waals surface area contributed by atoms with Crippen LogP contribution in [0.4, 0.5) is 0 Å². The van der Waals surface area contributed by atoms with Crippen LogP contribution in [0.3, 0.4) is 0 Å². The number of hydrogen-bond donors (Lipinski definition) is 3. The lowest BCUT2D eigenvalue weighted by Gasteiger charge is -2.22. The van der Waals surface area contributed by atoms with Gasteiger partial charge in [0.25, 0.3) is 5.91 Å². The second-order valence-electron chi connectivity index (χ2n) is 7.05. The summed E-state index contributed by atoms with van der Waals surface area (Å²) >= 11 is 0. The summed E-state index contributed by atoms with van der Waals surface area (Å²) < 4.78 is 1.65. The fourth-order valence-corrected chi connectivity index (χ4v) is 3.94. The van der Waals surface area contributed by atoms with Gasteiger partial charge < -0.3 is 15.7 Å². The number of nitrogens with two attached hydrogens (primary N) is 1. The number of hydrogen-bond acceptors (Lipinski definition) is 6. The highest BCUT2D eigenvalue weighted by atomic mass is 16.2. The fraction of sp³-hybridized carbons (Fsp3) is 0.333. The first kappa shape index (κ1) is 16.6. The molecule has 0 unspecified atom stereocenters. The minimum atomic E-state index is -0.721. The second-order valence-corrected chi connectivity index (χ2v) is 7.05. The second kappa shape index (κ2) is 6.25. The summed E-state index contributed by atoms with van der Waals surface area (Å²) in [5, 5.41) is 0. The van der Waals surface area contributed by atoms with Crippen molar-refractivity contribution in [3.63, 3.8) is 0 Å². The van der Waals surface area contributed by atoms with Crippen LogP contribution < -0.4 is 11.4 Å². The van der Waals surface area contributed by atoms with Gasteiger partial charge >= 0.3 is 5.69 Å². The van der Waals surface area contributed by atoms with Crippen LogP contribution in [0.1, 0.15) is 48.6 Å². The third kappa shape index (κ3) is 2.56. The Morgan fingerprint density at radius 2 is 2.00 bits per heavy atom. The standard InChI is InChI=1S/C18H18N8O2/c19-14(27)12-13-17(26(18(28)24-13)10-4-2-1-3-5-10)25-15(23-12)9-6-11-16(20-7-9)22-8-21-11/h6-8,10H,1-5H2,(H2,19,27)(H,24,28)(H,20,21,22). The van der Waals surface area contributed by atoms with Gasteiger partial charge in [0.1, 0.15) is 5.52 Å². The number of aromatic nitrogens is 7. The Morgan fingerprint density at radius 3 is 2.79 bits per heavy atom. The molecule has 5 rings (SSSR count). The molecule has 1 saturated carbocycles. The van der Waals surface area contributed by atoms with Gasteiger partial charge in [0, 0.05) is 17.8 Å². The third-order valence-electron chi connectivity index (χ3n) is 5.27. The van der Waals surface area contributed by atoms with Crippen LogP contribution in [0.25, 0.3) is 33.7 Å². The zero-order valence-electron chi connectivity index (χ0n) is 15.0. The van der Waals surface area contributed by atoms with E-state index >= 15 is 0 Å². The molecular formula is C18H18N8O2. The van der Waals surface area contributed by atoms with E-state index in [2.05, 4.69) is 29.9 Å². The van der Waals surface area contributed by atoms with E-state index in [1.165, 1.54) is 0 Å². The molecule has 0 spiro atoms. The first-order chi connectivity index (χ1) is 13.6. The Morgan fingerprint density at radius 1 is 1.18 bits per heavy atom. The molecule has 1 aliphatic carbocycles. The molecule has 4 N–H and O–H groups in total. The molecule has 4 aromatic heterocycles. The number of rotatable bonds is 3. The molecule has 0 saturated heterocycles. The summed E-state index contributed by atoms with van der Waals surface area (Å²) in [6, 6.07) is 1.85. The number of nitrogens with one attached hydrogen (secondary N) is 2. The monoisotopic (exact) mass is 378 g/mol. The molecule has 0 bridgehead atoms. The molecule has 10 heteroatoms. The van der Waals surface area contributed by atoms with Gasteiger partial charge in [0.05, 0.1) is 11.8 Å². The molecular weight excluding hydrogens is 360 g/mol. The topological polar surface area (TPSA) is 148 Å². The molecule has 0 radical (unpaired) electrons. The van der Waals surface area contributed by atoms with Crippen molar-refractivity contribution in [2.75, 3.05) is 0 Å². The summed E-state index contributed by atoms with van der Waals surface area (Å²) in [5.74, 6) is -0.435. The zero-order chi connectivity index (χ0) is 19.3. The Kier molecular flexibility index (Phi) is 3.71. The predicted octanol–water partition coefficient (Wildman–Crippen LogP) is 1.66. The van der Waals surface area contributed by atoms with Gasteiger partial charge in [-0.1, -0.05) is 19.3 Å². The van der Waals surface area contributed by atoms with E-state index in [1.54, 1.807) is 23.2 Å². The van der Waals surface area contributed by atoms with E-state index in [4.69, 9.17) is 5.73 Å². The maximum Gasteiger partial charge on any atom is 0.327 e. The molecule has 1 aliphatic rings. The lowest BCUT2D eigenvalue weighted by atomic mass is 9.95. The number of nitrogens with zero attached hydrogens (tertiary/aromatic N) is 5. The van der Waals surface area contributed by atoms with Crippen molar-refractivity contribution in [3.8, 4) is 11.4 Å². The van der Waals surface area contributed by atoms with Crippen LogP contribution in [0.2, 0.25) is 0 Å². The highest BCUT2D eigenvalue weighted by Crippen LogP contribution is 2.30. The van der Waals surface area contributed by atoms with Crippen molar-refractivity contribution in [1.29, 1.82) is 0 Å². The minimum absolute atomic E-state index is 0.00336. The number of amides is 1. The van der Waals surface area contributed by atoms with Crippen LogP contribution in [-0.4, -0.2) is 40.4 Å². The number of primary amides is 1. The van der Waals surface area contributed by atoms with Gasteiger partial charge in [-0.25, -0.2) is 24.7 Å². The lowest BCUT2D eigenvalue weighted by molar-refractivity contribution is 0.0997. The molecule has 4 aromatic rings. The van der Waals surface area contributed by atoms with Crippen LogP contribution in [-0.2, 0) is 0 Å². The quantitative estimate of drug-likeness (QED) is 0.494. The van der Waals surface area contributed by atoms with Crippen molar-refractivity contribution in [2.24, 2.45) is 5.73 Å². The minimum Gasteiger partial charge on any atom is -0.364 e. The molecule has 0 atom stereocenters. The largest absolute Gasteiger partial charge is 0.364 e. The van der Waals surface area contributed by atoms with Gasteiger partial charge in [0.15, 0.2) is 22.8 Å². The van der Waals surface area contributed by atoms with Crippen molar-refractivity contribution in [3.05, 3.63) is 34.8 Å². The highest BCUT2D eigenvalue weighted by molar-refractivity contribution is 6.02. The number of fused-ring (bicyclic) bond motifs is 2.